The van der Waals surface area contributed by atoms with E-state index in [9.17, 15) is 19.8 Å². The van der Waals surface area contributed by atoms with Crippen molar-refractivity contribution in [1.29, 1.82) is 0 Å². The number of ketones is 2. The molecule has 0 aliphatic rings. The fourth-order valence-corrected chi connectivity index (χ4v) is 2.91. The number of rotatable bonds is 10. The number of aliphatic hydroxyl groups excluding tert-OH is 2. The highest BCUT2D eigenvalue weighted by Crippen LogP contribution is 2.17. The fraction of sp³-hybridized carbons (Fsp3) is 0.364. The van der Waals surface area contributed by atoms with Crippen LogP contribution in [0.1, 0.15) is 76.4 Å². The van der Waals surface area contributed by atoms with Gasteiger partial charge in [-0.05, 0) is 29.7 Å². The predicted molar refractivity (Wildman–Crippen MR) is 101 cm³/mol. The Morgan fingerprint density at radius 2 is 1.35 bits per heavy atom. The van der Waals surface area contributed by atoms with Gasteiger partial charge in [0.1, 0.15) is 0 Å². The van der Waals surface area contributed by atoms with E-state index in [4.69, 9.17) is 0 Å². The number of carbonyl (C=O) groups excluding carboxylic acids is 2. The predicted octanol–water partition coefficient (Wildman–Crippen LogP) is 4.06. The Labute approximate surface area is 154 Å². The first kappa shape index (κ1) is 20.0. The minimum Gasteiger partial charge on any atom is -0.392 e. The molecule has 2 N–H and O–H groups in total. The summed E-state index contributed by atoms with van der Waals surface area (Å²) in [5.74, 6) is -0.0955. The number of carbonyl (C=O) groups is 2. The highest BCUT2D eigenvalue weighted by Gasteiger charge is 2.13. The number of Topliss-reactive ketones (excluding diaryl/α,β-unsaturated/α-hetero) is 1. The van der Waals surface area contributed by atoms with E-state index in [-0.39, 0.29) is 24.8 Å². The zero-order valence-electron chi connectivity index (χ0n) is 15.2. The second-order valence-electron chi connectivity index (χ2n) is 6.49. The van der Waals surface area contributed by atoms with Crippen LogP contribution < -0.4 is 0 Å². The van der Waals surface area contributed by atoms with Gasteiger partial charge in [0, 0.05) is 23.1 Å². The van der Waals surface area contributed by atoms with Crippen molar-refractivity contribution in [3.8, 4) is 0 Å². The highest BCUT2D eigenvalue weighted by atomic mass is 16.3. The van der Waals surface area contributed by atoms with Gasteiger partial charge in [0.25, 0.3) is 0 Å². The third-order valence-corrected chi connectivity index (χ3v) is 4.41. The molecule has 0 radical (unpaired) electrons. The summed E-state index contributed by atoms with van der Waals surface area (Å²) in [4.78, 5) is 24.8. The maximum absolute atomic E-state index is 12.7. The minimum atomic E-state index is -0.197. The lowest BCUT2D eigenvalue weighted by molar-refractivity contribution is 0.0977. The van der Waals surface area contributed by atoms with E-state index in [1.807, 2.05) is 0 Å². The number of benzene rings is 2. The SMILES string of the molecule is CCCCCCC(=O)c1ccc(C(=O)c2cc(CO)cc(CO)c2)cc1. The maximum Gasteiger partial charge on any atom is 0.193 e. The van der Waals surface area contributed by atoms with Gasteiger partial charge in [-0.25, -0.2) is 0 Å². The van der Waals surface area contributed by atoms with Gasteiger partial charge in [-0.2, -0.15) is 0 Å². The summed E-state index contributed by atoms with van der Waals surface area (Å²) in [6.45, 7) is 1.75. The van der Waals surface area contributed by atoms with Gasteiger partial charge in [0.05, 0.1) is 13.2 Å². The molecule has 0 amide bonds. The van der Waals surface area contributed by atoms with Crippen LogP contribution >= 0.6 is 0 Å². The van der Waals surface area contributed by atoms with Gasteiger partial charge in [0.2, 0.25) is 0 Å². The molecule has 0 unspecified atom stereocenters. The lowest BCUT2D eigenvalue weighted by Crippen LogP contribution is -2.05. The molecule has 2 rings (SSSR count). The second-order valence-corrected chi connectivity index (χ2v) is 6.49. The molecule has 0 aliphatic carbocycles. The lowest BCUT2D eigenvalue weighted by Gasteiger charge is -2.07. The summed E-state index contributed by atoms with van der Waals surface area (Å²) < 4.78 is 0. The summed E-state index contributed by atoms with van der Waals surface area (Å²) in [7, 11) is 0. The molecular weight excluding hydrogens is 328 g/mol. The first-order valence-electron chi connectivity index (χ1n) is 9.11. The molecule has 2 aromatic carbocycles. The molecular formula is C22H26O4. The van der Waals surface area contributed by atoms with E-state index in [1.165, 1.54) is 0 Å². The molecule has 0 aliphatic heterocycles. The Hall–Kier alpha value is -2.30. The quantitative estimate of drug-likeness (QED) is 0.498. The molecule has 0 saturated carbocycles. The monoisotopic (exact) mass is 354 g/mol. The molecule has 0 atom stereocenters. The van der Waals surface area contributed by atoms with Crippen molar-refractivity contribution in [1.82, 2.24) is 0 Å². The summed E-state index contributed by atoms with van der Waals surface area (Å²) >= 11 is 0. The van der Waals surface area contributed by atoms with Gasteiger partial charge in [-0.1, -0.05) is 56.5 Å². The zero-order valence-corrected chi connectivity index (χ0v) is 15.2. The first-order valence-corrected chi connectivity index (χ1v) is 9.11. The van der Waals surface area contributed by atoms with Crippen molar-refractivity contribution in [2.24, 2.45) is 0 Å². The van der Waals surface area contributed by atoms with Gasteiger partial charge in [-0.3, -0.25) is 9.59 Å². The van der Waals surface area contributed by atoms with Crippen LogP contribution in [0.15, 0.2) is 42.5 Å². The fourth-order valence-electron chi connectivity index (χ4n) is 2.91. The van der Waals surface area contributed by atoms with Gasteiger partial charge in [0.15, 0.2) is 11.6 Å². The van der Waals surface area contributed by atoms with Crippen molar-refractivity contribution < 1.29 is 19.8 Å². The van der Waals surface area contributed by atoms with Crippen LogP contribution in [0.5, 0.6) is 0 Å². The van der Waals surface area contributed by atoms with Gasteiger partial charge in [-0.15, -0.1) is 0 Å². The largest absolute Gasteiger partial charge is 0.392 e. The number of hydrogen-bond donors (Lipinski definition) is 2. The standard InChI is InChI=1S/C22H26O4/c1-2-3-4-5-6-21(25)18-7-9-19(10-8-18)22(26)20-12-16(14-23)11-17(13-20)15-24/h7-13,23-24H,2-6,14-15H2,1H3. The Morgan fingerprint density at radius 3 is 1.88 bits per heavy atom. The van der Waals surface area contributed by atoms with Gasteiger partial charge >= 0.3 is 0 Å². The van der Waals surface area contributed by atoms with Crippen LogP contribution in [0, 0.1) is 0 Å². The zero-order chi connectivity index (χ0) is 18.9. The first-order chi connectivity index (χ1) is 12.6. The smallest absolute Gasteiger partial charge is 0.193 e. The maximum atomic E-state index is 12.7. The number of aliphatic hydroxyl groups is 2. The summed E-state index contributed by atoms with van der Waals surface area (Å²) in [5, 5.41) is 18.6. The van der Waals surface area contributed by atoms with E-state index >= 15 is 0 Å². The molecule has 2 aromatic rings. The Bertz CT molecular complexity index is 725. The minimum absolute atomic E-state index is 0.102. The van der Waals surface area contributed by atoms with Crippen molar-refractivity contribution >= 4 is 11.6 Å². The van der Waals surface area contributed by atoms with E-state index in [2.05, 4.69) is 6.92 Å². The molecule has 4 nitrogen and oxygen atoms in total. The van der Waals surface area contributed by atoms with E-state index in [0.717, 1.165) is 25.7 Å². The summed E-state index contributed by atoms with van der Waals surface area (Å²) in [5.41, 5.74) is 2.68. The average Bonchev–Trinajstić information content (AvgIpc) is 2.70. The van der Waals surface area contributed by atoms with Gasteiger partial charge < -0.3 is 10.2 Å². The topological polar surface area (TPSA) is 74.6 Å². The molecule has 138 valence electrons. The van der Waals surface area contributed by atoms with Crippen LogP contribution in [0.3, 0.4) is 0 Å². The van der Waals surface area contributed by atoms with E-state index in [1.54, 1.807) is 42.5 Å². The number of hydrogen-bond acceptors (Lipinski definition) is 4. The van der Waals surface area contributed by atoms with Crippen LogP contribution in [0.25, 0.3) is 0 Å². The summed E-state index contributed by atoms with van der Waals surface area (Å²) in [6, 6.07) is 11.6. The Kier molecular flexibility index (Phi) is 7.70. The van der Waals surface area contributed by atoms with Crippen molar-refractivity contribution in [2.75, 3.05) is 0 Å². The molecule has 4 heteroatoms. The van der Waals surface area contributed by atoms with Crippen molar-refractivity contribution in [3.63, 3.8) is 0 Å². The number of unbranched alkanes of at least 4 members (excludes halogenated alkanes) is 3. The Balaban J connectivity index is 2.10. The highest BCUT2D eigenvalue weighted by molar-refractivity contribution is 6.09. The lowest BCUT2D eigenvalue weighted by atomic mass is 9.97. The molecule has 0 fully saturated rings. The van der Waals surface area contributed by atoms with Crippen LogP contribution in [-0.4, -0.2) is 21.8 Å². The van der Waals surface area contributed by atoms with Crippen molar-refractivity contribution in [2.45, 2.75) is 52.2 Å². The third-order valence-electron chi connectivity index (χ3n) is 4.41. The molecule has 0 bridgehead atoms. The van der Waals surface area contributed by atoms with Crippen LogP contribution in [0.4, 0.5) is 0 Å². The summed E-state index contributed by atoms with van der Waals surface area (Å²) in [6.07, 6.45) is 4.77. The van der Waals surface area contributed by atoms with E-state index in [0.29, 0.717) is 34.2 Å². The van der Waals surface area contributed by atoms with Crippen LogP contribution in [-0.2, 0) is 13.2 Å². The third kappa shape index (κ3) is 5.35. The van der Waals surface area contributed by atoms with Crippen LogP contribution in [0.2, 0.25) is 0 Å². The molecule has 0 spiro atoms. The molecule has 0 heterocycles. The Morgan fingerprint density at radius 1 is 0.769 bits per heavy atom. The van der Waals surface area contributed by atoms with E-state index < -0.39 is 0 Å². The molecule has 26 heavy (non-hydrogen) atoms. The second kappa shape index (κ2) is 10.00. The molecule has 0 saturated heterocycles. The normalized spacial score (nSPS) is 10.7. The van der Waals surface area contributed by atoms with Crippen molar-refractivity contribution in [3.05, 3.63) is 70.3 Å². The molecule has 0 aromatic heterocycles. The average molecular weight is 354 g/mol.